The summed E-state index contributed by atoms with van der Waals surface area (Å²) in [7, 11) is 0. The highest BCUT2D eigenvalue weighted by atomic mass is 35.5. The van der Waals surface area contributed by atoms with Crippen molar-refractivity contribution in [3.8, 4) is 5.88 Å². The van der Waals surface area contributed by atoms with Gasteiger partial charge in [-0.3, -0.25) is 0 Å². The fourth-order valence-corrected chi connectivity index (χ4v) is 2.02. The molecular weight excluding hydrogens is 254 g/mol. The molecule has 0 aromatic carbocycles. The van der Waals surface area contributed by atoms with Crippen LogP contribution in [0.3, 0.4) is 0 Å². The Labute approximate surface area is 112 Å². The Morgan fingerprint density at radius 2 is 2.39 bits per heavy atom. The highest BCUT2D eigenvalue weighted by Crippen LogP contribution is 2.19. The van der Waals surface area contributed by atoms with Crippen molar-refractivity contribution in [1.82, 2.24) is 9.97 Å². The summed E-state index contributed by atoms with van der Waals surface area (Å²) in [6, 6.07) is 1.86. The first-order valence-electron chi connectivity index (χ1n) is 6.10. The average molecular weight is 272 g/mol. The standard InChI is InChI=1S/C12H18ClN3O2/c1-9(2)18-12-5-11(14-8-15-12)16-3-4-17-10(6-13)7-16/h5,8-10H,3-4,6-7H2,1-2H3. The van der Waals surface area contributed by atoms with Crippen LogP contribution < -0.4 is 9.64 Å². The van der Waals surface area contributed by atoms with E-state index in [4.69, 9.17) is 21.1 Å². The molecule has 0 amide bonds. The summed E-state index contributed by atoms with van der Waals surface area (Å²) >= 11 is 5.82. The molecule has 0 bridgehead atoms. The summed E-state index contributed by atoms with van der Waals surface area (Å²) in [5.41, 5.74) is 0. The van der Waals surface area contributed by atoms with Gasteiger partial charge in [-0.2, -0.15) is 0 Å². The summed E-state index contributed by atoms with van der Waals surface area (Å²) < 4.78 is 11.1. The Kier molecular flexibility index (Phi) is 4.60. The van der Waals surface area contributed by atoms with Crippen molar-refractivity contribution in [2.24, 2.45) is 0 Å². The van der Waals surface area contributed by atoms with Gasteiger partial charge in [-0.05, 0) is 13.8 Å². The number of nitrogens with zero attached hydrogens (tertiary/aromatic N) is 3. The van der Waals surface area contributed by atoms with Crippen LogP contribution >= 0.6 is 11.6 Å². The second-order valence-corrected chi connectivity index (χ2v) is 4.78. The molecule has 2 heterocycles. The Hall–Kier alpha value is -1.07. The van der Waals surface area contributed by atoms with E-state index in [1.165, 1.54) is 6.33 Å². The summed E-state index contributed by atoms with van der Waals surface area (Å²) in [6.45, 7) is 6.18. The van der Waals surface area contributed by atoms with E-state index < -0.39 is 0 Å². The van der Waals surface area contributed by atoms with Gasteiger partial charge in [-0.1, -0.05) is 0 Å². The summed E-state index contributed by atoms with van der Waals surface area (Å²) in [4.78, 5) is 10.5. The number of hydrogen-bond donors (Lipinski definition) is 0. The summed E-state index contributed by atoms with van der Waals surface area (Å²) in [5.74, 6) is 1.96. The van der Waals surface area contributed by atoms with Gasteiger partial charge in [0.1, 0.15) is 12.1 Å². The number of hydrogen-bond acceptors (Lipinski definition) is 5. The Morgan fingerprint density at radius 1 is 1.56 bits per heavy atom. The zero-order chi connectivity index (χ0) is 13.0. The van der Waals surface area contributed by atoms with Gasteiger partial charge in [0.15, 0.2) is 0 Å². The molecule has 0 saturated carbocycles. The first-order chi connectivity index (χ1) is 8.69. The third-order valence-electron chi connectivity index (χ3n) is 2.62. The van der Waals surface area contributed by atoms with E-state index in [0.29, 0.717) is 18.4 Å². The molecule has 0 radical (unpaired) electrons. The van der Waals surface area contributed by atoms with Gasteiger partial charge >= 0.3 is 0 Å². The lowest BCUT2D eigenvalue weighted by atomic mass is 10.3. The molecule has 1 aliphatic rings. The van der Waals surface area contributed by atoms with Crippen LogP contribution in [0.1, 0.15) is 13.8 Å². The molecule has 18 heavy (non-hydrogen) atoms. The quantitative estimate of drug-likeness (QED) is 0.780. The predicted octanol–water partition coefficient (Wildman–Crippen LogP) is 1.71. The molecular formula is C12H18ClN3O2. The number of morpholine rings is 1. The minimum absolute atomic E-state index is 0.0600. The number of alkyl halides is 1. The monoisotopic (exact) mass is 271 g/mol. The molecule has 0 spiro atoms. The van der Waals surface area contributed by atoms with Crippen molar-refractivity contribution in [2.45, 2.75) is 26.1 Å². The maximum absolute atomic E-state index is 5.82. The number of rotatable bonds is 4. The van der Waals surface area contributed by atoms with Crippen LogP contribution in [0.5, 0.6) is 5.88 Å². The van der Waals surface area contributed by atoms with Crippen molar-refractivity contribution < 1.29 is 9.47 Å². The normalized spacial score (nSPS) is 20.2. The first-order valence-corrected chi connectivity index (χ1v) is 6.63. The number of aromatic nitrogens is 2. The van der Waals surface area contributed by atoms with Gasteiger partial charge in [-0.15, -0.1) is 11.6 Å². The van der Waals surface area contributed by atoms with Crippen LogP contribution in [-0.4, -0.2) is 47.8 Å². The van der Waals surface area contributed by atoms with Crippen LogP contribution in [0, 0.1) is 0 Å². The molecule has 1 aromatic heterocycles. The fourth-order valence-electron chi connectivity index (χ4n) is 1.83. The van der Waals surface area contributed by atoms with Crippen molar-refractivity contribution in [3.63, 3.8) is 0 Å². The van der Waals surface area contributed by atoms with E-state index in [1.807, 2.05) is 19.9 Å². The first kappa shape index (κ1) is 13.4. The highest BCUT2D eigenvalue weighted by molar-refractivity contribution is 6.18. The second kappa shape index (κ2) is 6.20. The Bertz CT molecular complexity index is 389. The topological polar surface area (TPSA) is 47.5 Å². The van der Waals surface area contributed by atoms with Crippen molar-refractivity contribution in [2.75, 3.05) is 30.5 Å². The maximum Gasteiger partial charge on any atom is 0.218 e. The molecule has 2 rings (SSSR count). The lowest BCUT2D eigenvalue weighted by Crippen LogP contribution is -2.43. The smallest absolute Gasteiger partial charge is 0.218 e. The predicted molar refractivity (Wildman–Crippen MR) is 70.5 cm³/mol. The van der Waals surface area contributed by atoms with E-state index in [2.05, 4.69) is 14.9 Å². The molecule has 100 valence electrons. The van der Waals surface area contributed by atoms with Crippen molar-refractivity contribution in [1.29, 1.82) is 0 Å². The SMILES string of the molecule is CC(C)Oc1cc(N2CCOC(CCl)C2)ncn1. The number of halogens is 1. The molecule has 1 saturated heterocycles. The average Bonchev–Trinajstić information content (AvgIpc) is 2.38. The Balaban J connectivity index is 2.07. The van der Waals surface area contributed by atoms with Crippen LogP contribution in [-0.2, 0) is 4.74 Å². The van der Waals surface area contributed by atoms with E-state index >= 15 is 0 Å². The molecule has 1 fully saturated rings. The van der Waals surface area contributed by atoms with Gasteiger partial charge in [0, 0.05) is 19.2 Å². The maximum atomic E-state index is 5.82. The minimum atomic E-state index is 0.0600. The third kappa shape index (κ3) is 3.46. The number of ether oxygens (including phenoxy) is 2. The zero-order valence-electron chi connectivity index (χ0n) is 10.7. The van der Waals surface area contributed by atoms with E-state index in [9.17, 15) is 0 Å². The van der Waals surface area contributed by atoms with Gasteiger partial charge in [-0.25, -0.2) is 9.97 Å². The summed E-state index contributed by atoms with van der Waals surface area (Å²) in [6.07, 6.45) is 1.69. The lowest BCUT2D eigenvalue weighted by molar-refractivity contribution is 0.0551. The van der Waals surface area contributed by atoms with Crippen LogP contribution in [0.25, 0.3) is 0 Å². The third-order valence-corrected chi connectivity index (χ3v) is 2.96. The second-order valence-electron chi connectivity index (χ2n) is 4.47. The lowest BCUT2D eigenvalue weighted by Gasteiger charge is -2.32. The molecule has 1 aromatic rings. The minimum Gasteiger partial charge on any atom is -0.475 e. The molecule has 1 aliphatic heterocycles. The molecule has 0 aliphatic carbocycles. The Morgan fingerprint density at radius 3 is 3.11 bits per heavy atom. The van der Waals surface area contributed by atoms with Gasteiger partial charge < -0.3 is 14.4 Å². The van der Waals surface area contributed by atoms with Crippen molar-refractivity contribution >= 4 is 17.4 Å². The van der Waals surface area contributed by atoms with E-state index in [0.717, 1.165) is 18.9 Å². The molecule has 5 nitrogen and oxygen atoms in total. The van der Waals surface area contributed by atoms with E-state index in [1.54, 1.807) is 0 Å². The molecule has 1 atom stereocenters. The van der Waals surface area contributed by atoms with Crippen LogP contribution in [0.15, 0.2) is 12.4 Å². The summed E-state index contributed by atoms with van der Waals surface area (Å²) in [5, 5.41) is 0. The van der Waals surface area contributed by atoms with Gasteiger partial charge in [0.2, 0.25) is 5.88 Å². The fraction of sp³-hybridized carbons (Fsp3) is 0.667. The van der Waals surface area contributed by atoms with Gasteiger partial charge in [0.25, 0.3) is 0 Å². The largest absolute Gasteiger partial charge is 0.475 e. The highest BCUT2D eigenvalue weighted by Gasteiger charge is 2.21. The van der Waals surface area contributed by atoms with E-state index in [-0.39, 0.29) is 12.2 Å². The van der Waals surface area contributed by atoms with Crippen LogP contribution in [0.2, 0.25) is 0 Å². The van der Waals surface area contributed by atoms with Crippen molar-refractivity contribution in [3.05, 3.63) is 12.4 Å². The molecule has 1 unspecified atom stereocenters. The number of anilines is 1. The molecule has 0 N–H and O–H groups in total. The van der Waals surface area contributed by atoms with Gasteiger partial charge in [0.05, 0.1) is 24.7 Å². The zero-order valence-corrected chi connectivity index (χ0v) is 11.4. The van der Waals surface area contributed by atoms with Crippen LogP contribution in [0.4, 0.5) is 5.82 Å². The molecule has 6 heteroatoms.